The Hall–Kier alpha value is -1.81. The summed E-state index contributed by atoms with van der Waals surface area (Å²) in [5, 5.41) is 7.19. The first-order valence-electron chi connectivity index (χ1n) is 5.66. The van der Waals surface area contributed by atoms with Crippen LogP contribution in [-0.2, 0) is 4.79 Å². The van der Waals surface area contributed by atoms with Crippen molar-refractivity contribution >= 4 is 23.0 Å². The second-order valence-corrected chi connectivity index (χ2v) is 4.97. The lowest BCUT2D eigenvalue weighted by atomic mass is 10.1. The molecule has 0 aliphatic heterocycles. The Balaban J connectivity index is 2.11. The quantitative estimate of drug-likeness (QED) is 0.914. The average Bonchev–Trinajstić information content (AvgIpc) is 2.84. The minimum atomic E-state index is 0.134. The van der Waals surface area contributed by atoms with Crippen molar-refractivity contribution in [1.82, 2.24) is 10.2 Å². The van der Waals surface area contributed by atoms with Crippen LogP contribution >= 0.6 is 11.8 Å². The standard InChI is InChI=1S/C14H14N2OS/c1-11(17)18-9-5-8-13-10-15-16-14(13)12-6-3-2-4-7-12/h2-8,10H,9H2,1H3,(H,15,16). The molecule has 0 amide bonds. The Morgan fingerprint density at radius 1 is 1.39 bits per heavy atom. The van der Waals surface area contributed by atoms with Gasteiger partial charge in [0.05, 0.1) is 11.9 Å². The maximum absolute atomic E-state index is 10.8. The summed E-state index contributed by atoms with van der Waals surface area (Å²) in [4.78, 5) is 10.8. The van der Waals surface area contributed by atoms with E-state index in [-0.39, 0.29) is 5.12 Å². The zero-order valence-corrected chi connectivity index (χ0v) is 10.9. The molecule has 3 nitrogen and oxygen atoms in total. The van der Waals surface area contributed by atoms with E-state index in [1.807, 2.05) is 42.5 Å². The van der Waals surface area contributed by atoms with Gasteiger partial charge in [-0.1, -0.05) is 54.2 Å². The first-order valence-corrected chi connectivity index (χ1v) is 6.64. The molecule has 0 atom stereocenters. The van der Waals surface area contributed by atoms with Gasteiger partial charge in [-0.25, -0.2) is 0 Å². The van der Waals surface area contributed by atoms with Crippen molar-refractivity contribution in [2.75, 3.05) is 5.75 Å². The van der Waals surface area contributed by atoms with E-state index in [0.29, 0.717) is 5.75 Å². The number of carbonyl (C=O) groups excluding carboxylic acids is 1. The van der Waals surface area contributed by atoms with Crippen molar-refractivity contribution in [3.63, 3.8) is 0 Å². The Kier molecular flexibility index (Phi) is 4.36. The summed E-state index contributed by atoms with van der Waals surface area (Å²) >= 11 is 1.30. The first-order chi connectivity index (χ1) is 8.77. The van der Waals surface area contributed by atoms with E-state index in [9.17, 15) is 4.79 Å². The number of aromatic nitrogens is 2. The van der Waals surface area contributed by atoms with Crippen LogP contribution in [0.15, 0.2) is 42.6 Å². The van der Waals surface area contributed by atoms with Crippen LogP contribution in [0, 0.1) is 0 Å². The van der Waals surface area contributed by atoms with Crippen molar-refractivity contribution in [1.29, 1.82) is 0 Å². The number of aromatic amines is 1. The highest BCUT2D eigenvalue weighted by molar-refractivity contribution is 8.13. The number of nitrogens with zero attached hydrogens (tertiary/aromatic N) is 1. The lowest BCUT2D eigenvalue weighted by Crippen LogP contribution is -1.82. The van der Waals surface area contributed by atoms with Gasteiger partial charge in [0.1, 0.15) is 0 Å². The van der Waals surface area contributed by atoms with Gasteiger partial charge >= 0.3 is 0 Å². The second-order valence-electron chi connectivity index (χ2n) is 3.77. The van der Waals surface area contributed by atoms with Gasteiger partial charge in [-0.3, -0.25) is 9.89 Å². The predicted molar refractivity (Wildman–Crippen MR) is 76.2 cm³/mol. The fourth-order valence-corrected chi connectivity index (χ4v) is 2.03. The minimum absolute atomic E-state index is 0.134. The minimum Gasteiger partial charge on any atom is -0.288 e. The molecule has 0 aliphatic carbocycles. The third kappa shape index (κ3) is 3.34. The smallest absolute Gasteiger partial charge is 0.186 e. The lowest BCUT2D eigenvalue weighted by Gasteiger charge is -1.98. The summed E-state index contributed by atoms with van der Waals surface area (Å²) in [6.07, 6.45) is 5.75. The van der Waals surface area contributed by atoms with Crippen molar-refractivity contribution in [3.05, 3.63) is 48.2 Å². The SMILES string of the molecule is CC(=O)SCC=Cc1cn[nH]c1-c1ccccc1. The van der Waals surface area contributed by atoms with Gasteiger partial charge in [0.15, 0.2) is 5.12 Å². The summed E-state index contributed by atoms with van der Waals surface area (Å²) in [5.41, 5.74) is 3.14. The van der Waals surface area contributed by atoms with E-state index in [1.54, 1.807) is 13.1 Å². The molecule has 0 aliphatic rings. The van der Waals surface area contributed by atoms with Crippen LogP contribution in [0.5, 0.6) is 0 Å². The van der Waals surface area contributed by atoms with Gasteiger partial charge in [-0.2, -0.15) is 5.10 Å². The van der Waals surface area contributed by atoms with Crippen LogP contribution in [0.3, 0.4) is 0 Å². The molecule has 92 valence electrons. The monoisotopic (exact) mass is 258 g/mol. The molecule has 0 bridgehead atoms. The predicted octanol–water partition coefficient (Wildman–Crippen LogP) is 3.37. The molecule has 0 fully saturated rings. The third-order valence-corrected chi connectivity index (χ3v) is 3.18. The molecule has 0 radical (unpaired) electrons. The number of nitrogens with one attached hydrogen (secondary N) is 1. The fourth-order valence-electron chi connectivity index (χ4n) is 1.60. The topological polar surface area (TPSA) is 45.8 Å². The van der Waals surface area contributed by atoms with Crippen molar-refractivity contribution in [2.45, 2.75) is 6.92 Å². The van der Waals surface area contributed by atoms with Gasteiger partial charge in [0, 0.05) is 23.8 Å². The summed E-state index contributed by atoms with van der Waals surface area (Å²) < 4.78 is 0. The maximum atomic E-state index is 10.8. The second kappa shape index (κ2) is 6.21. The van der Waals surface area contributed by atoms with E-state index in [1.165, 1.54) is 11.8 Å². The summed E-state index contributed by atoms with van der Waals surface area (Å²) in [7, 11) is 0. The molecule has 1 N–H and O–H groups in total. The molecular formula is C14H14N2OS. The molecule has 0 spiro atoms. The van der Waals surface area contributed by atoms with E-state index in [0.717, 1.165) is 16.8 Å². The number of hydrogen-bond acceptors (Lipinski definition) is 3. The molecule has 4 heteroatoms. The van der Waals surface area contributed by atoms with E-state index in [2.05, 4.69) is 10.2 Å². The van der Waals surface area contributed by atoms with Gasteiger partial charge in [0.2, 0.25) is 0 Å². The van der Waals surface area contributed by atoms with Gasteiger partial charge < -0.3 is 0 Å². The number of benzene rings is 1. The molecule has 2 rings (SSSR count). The zero-order chi connectivity index (χ0) is 12.8. The molecule has 0 unspecified atom stereocenters. The average molecular weight is 258 g/mol. The molecule has 2 aromatic rings. The fraction of sp³-hybridized carbons (Fsp3) is 0.143. The zero-order valence-electron chi connectivity index (χ0n) is 10.1. The maximum Gasteiger partial charge on any atom is 0.186 e. The summed E-state index contributed by atoms with van der Waals surface area (Å²) in [6.45, 7) is 1.58. The Bertz CT molecular complexity index is 546. The number of H-pyrrole nitrogens is 1. The number of hydrogen-bond donors (Lipinski definition) is 1. The summed E-state index contributed by atoms with van der Waals surface area (Å²) in [5.74, 6) is 0.689. The highest BCUT2D eigenvalue weighted by atomic mass is 32.2. The van der Waals surface area contributed by atoms with Crippen LogP contribution in [0.25, 0.3) is 17.3 Å². The van der Waals surface area contributed by atoms with Crippen LogP contribution in [-0.4, -0.2) is 21.1 Å². The van der Waals surface area contributed by atoms with Crippen molar-refractivity contribution in [2.24, 2.45) is 0 Å². The first kappa shape index (κ1) is 12.6. The van der Waals surface area contributed by atoms with Crippen LogP contribution in [0.1, 0.15) is 12.5 Å². The summed E-state index contributed by atoms with van der Waals surface area (Å²) in [6, 6.07) is 10.0. The molecule has 1 aromatic carbocycles. The van der Waals surface area contributed by atoms with Gasteiger partial charge in [-0.15, -0.1) is 0 Å². The Morgan fingerprint density at radius 2 is 2.17 bits per heavy atom. The highest BCUT2D eigenvalue weighted by Gasteiger charge is 2.03. The number of rotatable bonds is 4. The third-order valence-electron chi connectivity index (χ3n) is 2.41. The van der Waals surface area contributed by atoms with Crippen LogP contribution in [0.2, 0.25) is 0 Å². The van der Waals surface area contributed by atoms with Crippen LogP contribution < -0.4 is 0 Å². The van der Waals surface area contributed by atoms with E-state index < -0.39 is 0 Å². The highest BCUT2D eigenvalue weighted by Crippen LogP contribution is 2.21. The van der Waals surface area contributed by atoms with E-state index >= 15 is 0 Å². The Labute approximate surface area is 110 Å². The molecule has 1 heterocycles. The normalized spacial score (nSPS) is 10.9. The molecular weight excluding hydrogens is 244 g/mol. The van der Waals surface area contributed by atoms with Gasteiger partial charge in [-0.05, 0) is 0 Å². The number of thioether (sulfide) groups is 1. The molecule has 0 saturated carbocycles. The number of carbonyl (C=O) groups is 1. The Morgan fingerprint density at radius 3 is 2.89 bits per heavy atom. The van der Waals surface area contributed by atoms with Crippen molar-refractivity contribution in [3.8, 4) is 11.3 Å². The molecule has 18 heavy (non-hydrogen) atoms. The van der Waals surface area contributed by atoms with Crippen molar-refractivity contribution < 1.29 is 4.79 Å². The van der Waals surface area contributed by atoms with Gasteiger partial charge in [0.25, 0.3) is 0 Å². The lowest BCUT2D eigenvalue weighted by molar-refractivity contribution is -0.109. The molecule has 0 saturated heterocycles. The molecule has 1 aromatic heterocycles. The van der Waals surface area contributed by atoms with Crippen LogP contribution in [0.4, 0.5) is 0 Å². The largest absolute Gasteiger partial charge is 0.288 e. The van der Waals surface area contributed by atoms with E-state index in [4.69, 9.17) is 0 Å².